The number of fused-ring (bicyclic) bond motifs is 3. The minimum atomic E-state index is -0.569. The lowest BCUT2D eigenvalue weighted by Crippen LogP contribution is -2.53. The monoisotopic (exact) mass is 521 g/mol. The molecule has 0 saturated carbocycles. The first-order chi connectivity index (χ1) is 19.1. The van der Waals surface area contributed by atoms with Crippen LogP contribution >= 0.6 is 0 Å². The summed E-state index contributed by atoms with van der Waals surface area (Å²) in [5.41, 5.74) is 9.14. The molecular formula is C31H31N5O3. The fourth-order valence-corrected chi connectivity index (χ4v) is 5.75. The molecule has 8 heteroatoms. The van der Waals surface area contributed by atoms with Crippen molar-refractivity contribution < 1.29 is 14.3 Å². The Morgan fingerprint density at radius 3 is 2.82 bits per heavy atom. The van der Waals surface area contributed by atoms with E-state index in [0.29, 0.717) is 39.1 Å². The number of anilines is 1. The summed E-state index contributed by atoms with van der Waals surface area (Å²) < 4.78 is 5.12. The quantitative estimate of drug-likeness (QED) is 0.439. The van der Waals surface area contributed by atoms with Crippen molar-refractivity contribution in [2.24, 2.45) is 0 Å². The van der Waals surface area contributed by atoms with Gasteiger partial charge in [-0.05, 0) is 58.9 Å². The van der Waals surface area contributed by atoms with Crippen molar-refractivity contribution in [1.29, 1.82) is 0 Å². The summed E-state index contributed by atoms with van der Waals surface area (Å²) in [7, 11) is 1.61. The van der Waals surface area contributed by atoms with Gasteiger partial charge in [-0.1, -0.05) is 36.4 Å². The Kier molecular flexibility index (Phi) is 6.94. The van der Waals surface area contributed by atoms with E-state index in [1.54, 1.807) is 24.4 Å². The summed E-state index contributed by atoms with van der Waals surface area (Å²) in [6, 6.07) is 13.6. The van der Waals surface area contributed by atoms with Gasteiger partial charge in [-0.3, -0.25) is 19.6 Å². The van der Waals surface area contributed by atoms with Crippen LogP contribution in [-0.4, -0.2) is 66.1 Å². The Labute approximate surface area is 227 Å². The predicted octanol–water partition coefficient (Wildman–Crippen LogP) is 3.67. The SMILES string of the molecule is COCCNC(=O)[C@H]1CC2=C(Cc3ccccc32)CN1C(=O)C1=C(CNc2ccc3nccnc3c2)C=CC1. The van der Waals surface area contributed by atoms with Crippen LogP contribution in [-0.2, 0) is 20.7 Å². The smallest absolute Gasteiger partial charge is 0.251 e. The number of carbonyl (C=O) groups excluding carboxylic acids is 2. The van der Waals surface area contributed by atoms with Gasteiger partial charge < -0.3 is 20.3 Å². The molecule has 8 nitrogen and oxygen atoms in total. The largest absolute Gasteiger partial charge is 0.383 e. The van der Waals surface area contributed by atoms with Crippen molar-refractivity contribution in [3.8, 4) is 0 Å². The first-order valence-electron chi connectivity index (χ1n) is 13.3. The molecule has 0 radical (unpaired) electrons. The summed E-state index contributed by atoms with van der Waals surface area (Å²) in [4.78, 5) is 37.9. The molecule has 2 N–H and O–H groups in total. The number of nitrogens with zero attached hydrogens (tertiary/aromatic N) is 3. The lowest BCUT2D eigenvalue weighted by atomic mass is 9.91. The molecule has 1 aliphatic heterocycles. The average Bonchev–Trinajstić information content (AvgIpc) is 3.59. The van der Waals surface area contributed by atoms with E-state index in [9.17, 15) is 9.59 Å². The fourth-order valence-electron chi connectivity index (χ4n) is 5.75. The van der Waals surface area contributed by atoms with E-state index in [2.05, 4.69) is 32.7 Å². The van der Waals surface area contributed by atoms with E-state index in [4.69, 9.17) is 4.74 Å². The molecule has 39 heavy (non-hydrogen) atoms. The first kappa shape index (κ1) is 25.0. The van der Waals surface area contributed by atoms with E-state index in [0.717, 1.165) is 34.3 Å². The fraction of sp³-hybridized carbons (Fsp3) is 0.290. The molecule has 0 spiro atoms. The van der Waals surface area contributed by atoms with Gasteiger partial charge in [0.15, 0.2) is 0 Å². The third-order valence-electron chi connectivity index (χ3n) is 7.72. The van der Waals surface area contributed by atoms with Gasteiger partial charge in [-0.2, -0.15) is 0 Å². The Bertz CT molecular complexity index is 1540. The summed E-state index contributed by atoms with van der Waals surface area (Å²) in [6.07, 6.45) is 9.28. The van der Waals surface area contributed by atoms with Gasteiger partial charge >= 0.3 is 0 Å². The molecule has 3 aliphatic rings. The van der Waals surface area contributed by atoms with Gasteiger partial charge in [-0.15, -0.1) is 0 Å². The van der Waals surface area contributed by atoms with Crippen molar-refractivity contribution in [2.45, 2.75) is 25.3 Å². The van der Waals surface area contributed by atoms with Crippen LogP contribution in [0, 0.1) is 0 Å². The van der Waals surface area contributed by atoms with Gasteiger partial charge in [0.05, 0.1) is 17.6 Å². The van der Waals surface area contributed by atoms with Crippen LogP contribution in [0.15, 0.2) is 83.7 Å². The molecule has 2 amide bonds. The zero-order chi connectivity index (χ0) is 26.8. The average molecular weight is 522 g/mol. The van der Waals surface area contributed by atoms with Crippen LogP contribution in [0.4, 0.5) is 5.69 Å². The third-order valence-corrected chi connectivity index (χ3v) is 7.72. The van der Waals surface area contributed by atoms with Crippen molar-refractivity contribution in [1.82, 2.24) is 20.2 Å². The molecule has 2 aromatic carbocycles. The van der Waals surface area contributed by atoms with E-state index < -0.39 is 6.04 Å². The number of aromatic nitrogens is 2. The highest BCUT2D eigenvalue weighted by Crippen LogP contribution is 2.41. The maximum atomic E-state index is 14.1. The second kappa shape index (κ2) is 10.8. The molecule has 0 unspecified atom stereocenters. The molecule has 2 aliphatic carbocycles. The van der Waals surface area contributed by atoms with E-state index >= 15 is 0 Å². The number of rotatable bonds is 8. The molecule has 198 valence electrons. The Morgan fingerprint density at radius 1 is 1.10 bits per heavy atom. The van der Waals surface area contributed by atoms with Crippen LogP contribution in [0.1, 0.15) is 24.0 Å². The highest BCUT2D eigenvalue weighted by Gasteiger charge is 2.39. The van der Waals surface area contributed by atoms with E-state index in [1.807, 2.05) is 42.5 Å². The van der Waals surface area contributed by atoms with Gasteiger partial charge in [0.1, 0.15) is 6.04 Å². The Hall–Kier alpha value is -4.30. The molecule has 0 fully saturated rings. The molecule has 2 heterocycles. The zero-order valence-corrected chi connectivity index (χ0v) is 21.9. The summed E-state index contributed by atoms with van der Waals surface area (Å²) in [5, 5.41) is 6.40. The zero-order valence-electron chi connectivity index (χ0n) is 21.9. The van der Waals surface area contributed by atoms with Gasteiger partial charge in [0.25, 0.3) is 5.91 Å². The van der Waals surface area contributed by atoms with Gasteiger partial charge in [-0.25, -0.2) is 0 Å². The molecular weight excluding hydrogens is 490 g/mol. The van der Waals surface area contributed by atoms with Gasteiger partial charge in [0, 0.05) is 56.8 Å². The lowest BCUT2D eigenvalue weighted by molar-refractivity contribution is -0.137. The third kappa shape index (κ3) is 4.95. The number of allylic oxidation sites excluding steroid dienone is 1. The number of amides is 2. The standard InChI is InChI=1S/C31H31N5O3/c1-39-14-13-34-30(37)29-17-26-22(15-20-5-2-3-7-24(20)26)19-36(29)31(38)25-8-4-6-21(25)18-35-23-9-10-27-28(16-23)33-12-11-32-27/h2-7,9-12,16,29,35H,8,13-15,17-19H2,1H3,(H,34,37)/t29-/m1/s1. The van der Waals surface area contributed by atoms with E-state index in [1.165, 1.54) is 22.3 Å². The van der Waals surface area contributed by atoms with Crippen molar-refractivity contribution in [2.75, 3.05) is 38.7 Å². The second-order valence-corrected chi connectivity index (χ2v) is 10.1. The maximum absolute atomic E-state index is 14.1. The van der Waals surface area contributed by atoms with Crippen LogP contribution in [0.25, 0.3) is 16.6 Å². The van der Waals surface area contributed by atoms with Crippen molar-refractivity contribution in [3.63, 3.8) is 0 Å². The number of nitrogens with one attached hydrogen (secondary N) is 2. The second-order valence-electron chi connectivity index (χ2n) is 10.1. The molecule has 6 rings (SSSR count). The molecule has 1 atom stereocenters. The molecule has 0 bridgehead atoms. The topological polar surface area (TPSA) is 96.5 Å². The highest BCUT2D eigenvalue weighted by molar-refractivity contribution is 6.01. The number of hydrogen-bond acceptors (Lipinski definition) is 6. The Morgan fingerprint density at radius 2 is 1.95 bits per heavy atom. The minimum absolute atomic E-state index is 0.0735. The van der Waals surface area contributed by atoms with Crippen LogP contribution in [0.3, 0.4) is 0 Å². The van der Waals surface area contributed by atoms with Crippen LogP contribution in [0.5, 0.6) is 0 Å². The Balaban J connectivity index is 1.24. The molecule has 0 saturated heterocycles. The predicted molar refractivity (Wildman–Crippen MR) is 151 cm³/mol. The van der Waals surface area contributed by atoms with Crippen LogP contribution in [0.2, 0.25) is 0 Å². The number of hydrogen-bond donors (Lipinski definition) is 2. The van der Waals surface area contributed by atoms with Crippen molar-refractivity contribution >= 4 is 34.1 Å². The first-order valence-corrected chi connectivity index (χ1v) is 13.3. The van der Waals surface area contributed by atoms with Gasteiger partial charge in [0.2, 0.25) is 5.91 Å². The summed E-state index contributed by atoms with van der Waals surface area (Å²) in [6.45, 7) is 1.79. The van der Waals surface area contributed by atoms with Crippen molar-refractivity contribution in [3.05, 3.63) is 94.9 Å². The van der Waals surface area contributed by atoms with E-state index in [-0.39, 0.29) is 11.8 Å². The number of ether oxygens (including phenoxy) is 1. The normalized spacial score (nSPS) is 18.0. The summed E-state index contributed by atoms with van der Waals surface area (Å²) >= 11 is 0. The molecule has 1 aromatic heterocycles. The number of benzene rings is 2. The lowest BCUT2D eigenvalue weighted by Gasteiger charge is -2.36. The van der Waals surface area contributed by atoms with Crippen LogP contribution < -0.4 is 10.6 Å². The summed E-state index contributed by atoms with van der Waals surface area (Å²) in [5.74, 6) is -0.213. The number of carbonyl (C=O) groups is 2. The minimum Gasteiger partial charge on any atom is -0.383 e. The highest BCUT2D eigenvalue weighted by atomic mass is 16.5. The number of methoxy groups -OCH3 is 1. The molecule has 3 aromatic rings. The maximum Gasteiger partial charge on any atom is 0.251 e.